The van der Waals surface area contributed by atoms with E-state index in [1.54, 1.807) is 12.7 Å². The minimum Gasteiger partial charge on any atom is -0.392 e. The van der Waals surface area contributed by atoms with Crippen molar-refractivity contribution in [1.29, 1.82) is 0 Å². The molecule has 0 aliphatic heterocycles. The highest BCUT2D eigenvalue weighted by Crippen LogP contribution is 2.31. The molecule has 5 heteroatoms. The summed E-state index contributed by atoms with van der Waals surface area (Å²) in [6.45, 7) is 4.52. The second-order valence-corrected chi connectivity index (χ2v) is 6.50. The third-order valence-corrected chi connectivity index (χ3v) is 4.89. The molecule has 0 aliphatic rings. The Labute approximate surface area is 154 Å². The molecule has 2 aromatic carbocycles. The molecule has 0 saturated carbocycles. The number of aromatic nitrogens is 3. The molecule has 0 aliphatic carbocycles. The van der Waals surface area contributed by atoms with Crippen LogP contribution in [0.1, 0.15) is 43.9 Å². The van der Waals surface area contributed by atoms with Crippen molar-refractivity contribution < 1.29 is 5.11 Å². The quantitative estimate of drug-likeness (QED) is 0.626. The first-order valence-electron chi connectivity index (χ1n) is 9.16. The van der Waals surface area contributed by atoms with Gasteiger partial charge in [0.15, 0.2) is 0 Å². The van der Waals surface area contributed by atoms with Crippen LogP contribution in [0.15, 0.2) is 61.2 Å². The molecule has 2 N–H and O–H groups in total. The molecule has 26 heavy (non-hydrogen) atoms. The summed E-state index contributed by atoms with van der Waals surface area (Å²) in [5, 5.41) is 16.9. The Morgan fingerprint density at radius 2 is 1.58 bits per heavy atom. The summed E-state index contributed by atoms with van der Waals surface area (Å²) in [6.07, 6.45) is 5.59. The first kappa shape index (κ1) is 18.1. The van der Waals surface area contributed by atoms with Crippen LogP contribution in [-0.2, 0) is 6.61 Å². The van der Waals surface area contributed by atoms with E-state index < -0.39 is 0 Å². The molecular formula is C21H26N4O. The lowest BCUT2D eigenvalue weighted by molar-refractivity contribution is 0.282. The number of aliphatic hydroxyl groups excluding tert-OH is 1. The Morgan fingerprint density at radius 1 is 0.962 bits per heavy atom. The van der Waals surface area contributed by atoms with E-state index in [1.807, 2.05) is 28.9 Å². The minimum absolute atomic E-state index is 0.0642. The lowest BCUT2D eigenvalue weighted by Crippen LogP contribution is -2.20. The van der Waals surface area contributed by atoms with Gasteiger partial charge in [0.1, 0.15) is 12.7 Å². The number of rotatable bonds is 8. The Balaban J connectivity index is 1.79. The summed E-state index contributed by atoms with van der Waals surface area (Å²) >= 11 is 0. The standard InChI is InChI=1S/C21H26N4O/c1-3-17(4-2)21(25-15-22-14-23-25)18-7-11-20(12-8-18)24-19-9-5-16(13-26)6-10-19/h5-12,14-15,17,21,24,26H,3-4,13H2,1-2H3. The maximum Gasteiger partial charge on any atom is 0.137 e. The fraction of sp³-hybridized carbons (Fsp3) is 0.333. The van der Waals surface area contributed by atoms with Crippen molar-refractivity contribution in [1.82, 2.24) is 14.8 Å². The van der Waals surface area contributed by atoms with Crippen LogP contribution >= 0.6 is 0 Å². The van der Waals surface area contributed by atoms with Gasteiger partial charge in [-0.3, -0.25) is 0 Å². The average Bonchev–Trinajstić information content (AvgIpc) is 3.21. The van der Waals surface area contributed by atoms with Crippen LogP contribution in [0, 0.1) is 5.92 Å². The highest BCUT2D eigenvalue weighted by atomic mass is 16.3. The number of hydrogen-bond acceptors (Lipinski definition) is 4. The second kappa shape index (κ2) is 8.63. The van der Waals surface area contributed by atoms with Gasteiger partial charge in [-0.1, -0.05) is 51.0 Å². The number of nitrogens with zero attached hydrogens (tertiary/aromatic N) is 3. The van der Waals surface area contributed by atoms with Gasteiger partial charge in [0, 0.05) is 11.4 Å². The summed E-state index contributed by atoms with van der Waals surface area (Å²) in [4.78, 5) is 4.13. The van der Waals surface area contributed by atoms with E-state index in [0.29, 0.717) is 5.92 Å². The maximum atomic E-state index is 9.13. The Bertz CT molecular complexity index is 778. The first-order valence-corrected chi connectivity index (χ1v) is 9.16. The molecule has 1 atom stereocenters. The van der Waals surface area contributed by atoms with Gasteiger partial charge >= 0.3 is 0 Å². The number of nitrogens with one attached hydrogen (secondary N) is 1. The van der Waals surface area contributed by atoms with Gasteiger partial charge in [0.05, 0.1) is 12.6 Å². The fourth-order valence-corrected chi connectivity index (χ4v) is 3.36. The SMILES string of the molecule is CCC(CC)C(c1ccc(Nc2ccc(CO)cc2)cc1)n1cncn1. The van der Waals surface area contributed by atoms with Gasteiger partial charge in [-0.05, 0) is 41.3 Å². The van der Waals surface area contributed by atoms with Crippen molar-refractivity contribution in [3.05, 3.63) is 72.3 Å². The van der Waals surface area contributed by atoms with Gasteiger partial charge in [-0.25, -0.2) is 9.67 Å². The zero-order valence-corrected chi connectivity index (χ0v) is 15.3. The van der Waals surface area contributed by atoms with Crippen LogP contribution in [0.5, 0.6) is 0 Å². The molecule has 1 heterocycles. The molecular weight excluding hydrogens is 324 g/mol. The molecule has 0 spiro atoms. The molecule has 136 valence electrons. The zero-order chi connectivity index (χ0) is 18.4. The number of hydrogen-bond donors (Lipinski definition) is 2. The second-order valence-electron chi connectivity index (χ2n) is 6.50. The monoisotopic (exact) mass is 350 g/mol. The van der Waals surface area contributed by atoms with Gasteiger partial charge < -0.3 is 10.4 Å². The van der Waals surface area contributed by atoms with E-state index in [9.17, 15) is 0 Å². The topological polar surface area (TPSA) is 63.0 Å². The van der Waals surface area contributed by atoms with E-state index in [1.165, 1.54) is 5.56 Å². The van der Waals surface area contributed by atoms with Crippen LogP contribution in [0.3, 0.4) is 0 Å². The molecule has 3 aromatic rings. The molecule has 1 unspecified atom stereocenters. The van der Waals surface area contributed by atoms with Gasteiger partial charge in [0.25, 0.3) is 0 Å². The molecule has 3 rings (SSSR count). The largest absolute Gasteiger partial charge is 0.392 e. The van der Waals surface area contributed by atoms with Crippen LogP contribution in [0.25, 0.3) is 0 Å². The zero-order valence-electron chi connectivity index (χ0n) is 15.3. The van der Waals surface area contributed by atoms with E-state index in [2.05, 4.69) is 53.5 Å². The van der Waals surface area contributed by atoms with Gasteiger partial charge in [-0.15, -0.1) is 0 Å². The normalized spacial score (nSPS) is 12.3. The summed E-state index contributed by atoms with van der Waals surface area (Å²) < 4.78 is 1.97. The number of anilines is 2. The Morgan fingerprint density at radius 3 is 2.08 bits per heavy atom. The first-order chi connectivity index (χ1) is 12.7. The van der Waals surface area contributed by atoms with Crippen LogP contribution in [0.4, 0.5) is 11.4 Å². The highest BCUT2D eigenvalue weighted by Gasteiger charge is 2.22. The third-order valence-electron chi connectivity index (χ3n) is 4.89. The van der Waals surface area contributed by atoms with E-state index in [4.69, 9.17) is 5.11 Å². The summed E-state index contributed by atoms with van der Waals surface area (Å²) in [5.41, 5.74) is 4.19. The lowest BCUT2D eigenvalue weighted by Gasteiger charge is -2.26. The maximum absolute atomic E-state index is 9.13. The molecule has 0 bridgehead atoms. The lowest BCUT2D eigenvalue weighted by atomic mass is 9.89. The van der Waals surface area contributed by atoms with Gasteiger partial charge in [0.2, 0.25) is 0 Å². The van der Waals surface area contributed by atoms with Crippen molar-refractivity contribution in [2.45, 2.75) is 39.3 Å². The average molecular weight is 350 g/mol. The smallest absolute Gasteiger partial charge is 0.137 e. The van der Waals surface area contributed by atoms with Crippen LogP contribution in [-0.4, -0.2) is 19.9 Å². The Hall–Kier alpha value is -2.66. The Kier molecular flexibility index (Phi) is 6.02. The molecule has 0 amide bonds. The number of benzene rings is 2. The van der Waals surface area contributed by atoms with Crippen molar-refractivity contribution in [2.24, 2.45) is 5.92 Å². The molecule has 1 aromatic heterocycles. The van der Waals surface area contributed by atoms with E-state index >= 15 is 0 Å². The summed E-state index contributed by atoms with van der Waals surface area (Å²) in [6, 6.07) is 16.5. The van der Waals surface area contributed by atoms with Crippen molar-refractivity contribution in [3.63, 3.8) is 0 Å². The van der Waals surface area contributed by atoms with Crippen molar-refractivity contribution >= 4 is 11.4 Å². The molecule has 0 radical (unpaired) electrons. The van der Waals surface area contributed by atoms with E-state index in [-0.39, 0.29) is 12.6 Å². The molecule has 0 fully saturated rings. The van der Waals surface area contributed by atoms with Crippen LogP contribution in [0.2, 0.25) is 0 Å². The highest BCUT2D eigenvalue weighted by molar-refractivity contribution is 5.60. The number of aliphatic hydroxyl groups is 1. The molecule has 5 nitrogen and oxygen atoms in total. The third kappa shape index (κ3) is 4.11. The summed E-state index contributed by atoms with van der Waals surface area (Å²) in [5.74, 6) is 0.515. The summed E-state index contributed by atoms with van der Waals surface area (Å²) in [7, 11) is 0. The van der Waals surface area contributed by atoms with Crippen LogP contribution < -0.4 is 5.32 Å². The van der Waals surface area contributed by atoms with E-state index in [0.717, 1.165) is 29.8 Å². The van der Waals surface area contributed by atoms with Crippen molar-refractivity contribution in [3.8, 4) is 0 Å². The predicted molar refractivity (Wildman–Crippen MR) is 104 cm³/mol. The van der Waals surface area contributed by atoms with Crippen molar-refractivity contribution in [2.75, 3.05) is 5.32 Å². The minimum atomic E-state index is 0.0642. The van der Waals surface area contributed by atoms with Gasteiger partial charge in [-0.2, -0.15) is 5.10 Å². The predicted octanol–water partition coefficient (Wildman–Crippen LogP) is 4.54. The molecule has 0 saturated heterocycles. The fourth-order valence-electron chi connectivity index (χ4n) is 3.36.